The molecule has 0 fully saturated rings. The molecule has 0 saturated heterocycles. The smallest absolute Gasteiger partial charge is 0.317 e. The molecule has 0 aromatic carbocycles. The van der Waals surface area contributed by atoms with Crippen LogP contribution in [0.4, 0.5) is 0 Å². The molecule has 0 radical (unpaired) electrons. The number of carbonyl (C=O) groups is 2. The van der Waals surface area contributed by atoms with Gasteiger partial charge in [0.2, 0.25) is 0 Å². The standard InChI is InChI=1S/C6H14N2O2.C4H10N2O2/c7-3-1-2-4-8-5-6(9)10;5-1-2-6-3-4(7)8/h8H,1-5,7H2,(H,9,10);6H,1-3,5H2,(H,7,8). The van der Waals surface area contributed by atoms with Crippen molar-refractivity contribution in [2.24, 2.45) is 11.5 Å². The molecule has 0 aliphatic carbocycles. The average molecular weight is 264 g/mol. The third-order valence-electron chi connectivity index (χ3n) is 1.68. The van der Waals surface area contributed by atoms with Crippen LogP contribution in [0.2, 0.25) is 0 Å². The van der Waals surface area contributed by atoms with E-state index in [9.17, 15) is 9.59 Å². The summed E-state index contributed by atoms with van der Waals surface area (Å²) in [5.41, 5.74) is 10.3. The lowest BCUT2D eigenvalue weighted by Crippen LogP contribution is -2.27. The Morgan fingerprint density at radius 2 is 1.33 bits per heavy atom. The number of unbranched alkanes of at least 4 members (excludes halogenated alkanes) is 1. The number of hydrogen-bond donors (Lipinski definition) is 6. The van der Waals surface area contributed by atoms with E-state index < -0.39 is 11.9 Å². The highest BCUT2D eigenvalue weighted by atomic mass is 16.4. The van der Waals surface area contributed by atoms with Crippen LogP contribution < -0.4 is 22.1 Å². The Morgan fingerprint density at radius 3 is 1.72 bits per heavy atom. The average Bonchev–Trinajstić information content (AvgIpc) is 2.29. The molecule has 108 valence electrons. The van der Waals surface area contributed by atoms with Crippen molar-refractivity contribution < 1.29 is 19.8 Å². The maximum absolute atomic E-state index is 9.94. The quantitative estimate of drug-likeness (QED) is 0.248. The highest BCUT2D eigenvalue weighted by Gasteiger charge is 1.93. The van der Waals surface area contributed by atoms with Gasteiger partial charge < -0.3 is 32.3 Å². The first-order valence-corrected chi connectivity index (χ1v) is 5.79. The third-order valence-corrected chi connectivity index (χ3v) is 1.68. The summed E-state index contributed by atoms with van der Waals surface area (Å²) in [4.78, 5) is 19.7. The van der Waals surface area contributed by atoms with E-state index in [1.165, 1.54) is 0 Å². The molecule has 8 nitrogen and oxygen atoms in total. The first-order chi connectivity index (χ1) is 8.54. The maximum atomic E-state index is 9.94. The Morgan fingerprint density at radius 1 is 0.833 bits per heavy atom. The summed E-state index contributed by atoms with van der Waals surface area (Å²) in [5.74, 6) is -1.66. The molecule has 8 N–H and O–H groups in total. The molecule has 0 saturated carbocycles. The Hall–Kier alpha value is -1.22. The van der Waals surface area contributed by atoms with Crippen molar-refractivity contribution in [2.45, 2.75) is 12.8 Å². The minimum absolute atomic E-state index is 0.00278. The van der Waals surface area contributed by atoms with Crippen LogP contribution in [-0.4, -0.2) is 61.4 Å². The van der Waals surface area contributed by atoms with E-state index in [0.29, 0.717) is 19.6 Å². The summed E-state index contributed by atoms with van der Waals surface area (Å²) in [6.07, 6.45) is 1.90. The van der Waals surface area contributed by atoms with E-state index >= 15 is 0 Å². The van der Waals surface area contributed by atoms with Crippen molar-refractivity contribution in [3.63, 3.8) is 0 Å². The number of rotatable bonds is 10. The number of aliphatic carboxylic acids is 2. The van der Waals surface area contributed by atoms with Gasteiger partial charge in [-0.2, -0.15) is 0 Å². The van der Waals surface area contributed by atoms with Crippen molar-refractivity contribution in [3.05, 3.63) is 0 Å². The maximum Gasteiger partial charge on any atom is 0.317 e. The molecule has 18 heavy (non-hydrogen) atoms. The van der Waals surface area contributed by atoms with Gasteiger partial charge in [0.1, 0.15) is 0 Å². The zero-order valence-corrected chi connectivity index (χ0v) is 10.5. The van der Waals surface area contributed by atoms with Crippen LogP contribution in [0, 0.1) is 0 Å². The van der Waals surface area contributed by atoms with Crippen LogP contribution in [0.3, 0.4) is 0 Å². The molecular weight excluding hydrogens is 240 g/mol. The molecule has 0 unspecified atom stereocenters. The second-order valence-electron chi connectivity index (χ2n) is 3.43. The number of hydrogen-bond acceptors (Lipinski definition) is 6. The molecule has 0 atom stereocenters. The fraction of sp³-hybridized carbons (Fsp3) is 0.800. The van der Waals surface area contributed by atoms with E-state index in [4.69, 9.17) is 21.7 Å². The highest BCUT2D eigenvalue weighted by Crippen LogP contribution is 1.80. The Balaban J connectivity index is 0. The number of nitrogens with one attached hydrogen (secondary N) is 2. The van der Waals surface area contributed by atoms with Crippen molar-refractivity contribution in [3.8, 4) is 0 Å². The summed E-state index contributed by atoms with van der Waals surface area (Å²) in [6, 6.07) is 0. The predicted molar refractivity (Wildman–Crippen MR) is 68.4 cm³/mol. The first kappa shape index (κ1) is 19.1. The van der Waals surface area contributed by atoms with Gasteiger partial charge in [0.15, 0.2) is 0 Å². The lowest BCUT2D eigenvalue weighted by molar-refractivity contribution is -0.136. The van der Waals surface area contributed by atoms with E-state index in [0.717, 1.165) is 19.4 Å². The van der Waals surface area contributed by atoms with Gasteiger partial charge in [0.25, 0.3) is 0 Å². The SMILES string of the molecule is NCCCCNCC(=O)O.NCCNCC(=O)O. The Labute approximate surface area is 107 Å². The predicted octanol–water partition coefficient (Wildman–Crippen LogP) is -1.98. The van der Waals surface area contributed by atoms with Crippen LogP contribution in [0.15, 0.2) is 0 Å². The Kier molecular flexibility index (Phi) is 16.8. The third kappa shape index (κ3) is 24.2. The molecule has 0 aromatic heterocycles. The van der Waals surface area contributed by atoms with E-state index in [-0.39, 0.29) is 13.1 Å². The first-order valence-electron chi connectivity index (χ1n) is 5.79. The second kappa shape index (κ2) is 15.8. The summed E-state index contributed by atoms with van der Waals surface area (Å²) in [5, 5.41) is 21.6. The molecule has 0 heterocycles. The molecule has 0 amide bonds. The summed E-state index contributed by atoms with van der Waals surface area (Å²) >= 11 is 0. The minimum atomic E-state index is -0.849. The lowest BCUT2D eigenvalue weighted by atomic mass is 10.3. The molecule has 0 aliphatic rings. The fourth-order valence-corrected chi connectivity index (χ4v) is 0.887. The van der Waals surface area contributed by atoms with Gasteiger partial charge in [-0.25, -0.2) is 0 Å². The number of nitrogens with two attached hydrogens (primary N) is 2. The summed E-state index contributed by atoms with van der Waals surface area (Å²) < 4.78 is 0. The van der Waals surface area contributed by atoms with Gasteiger partial charge in [-0.3, -0.25) is 9.59 Å². The molecule has 0 aliphatic heterocycles. The van der Waals surface area contributed by atoms with E-state index in [2.05, 4.69) is 10.6 Å². The van der Waals surface area contributed by atoms with Gasteiger partial charge in [-0.15, -0.1) is 0 Å². The monoisotopic (exact) mass is 264 g/mol. The fourth-order valence-electron chi connectivity index (χ4n) is 0.887. The van der Waals surface area contributed by atoms with Crippen molar-refractivity contribution in [1.82, 2.24) is 10.6 Å². The van der Waals surface area contributed by atoms with Gasteiger partial charge in [0, 0.05) is 13.1 Å². The van der Waals surface area contributed by atoms with Crippen molar-refractivity contribution in [2.75, 3.05) is 39.3 Å². The highest BCUT2D eigenvalue weighted by molar-refractivity contribution is 5.69. The van der Waals surface area contributed by atoms with Crippen LogP contribution in [0.5, 0.6) is 0 Å². The van der Waals surface area contributed by atoms with Gasteiger partial charge in [-0.1, -0.05) is 0 Å². The summed E-state index contributed by atoms with van der Waals surface area (Å²) in [6.45, 7) is 2.50. The van der Waals surface area contributed by atoms with E-state index in [1.807, 2.05) is 0 Å². The molecule has 0 spiro atoms. The molecule has 0 aromatic rings. The number of carboxylic acids is 2. The molecule has 8 heteroatoms. The van der Waals surface area contributed by atoms with Gasteiger partial charge in [-0.05, 0) is 25.9 Å². The lowest BCUT2D eigenvalue weighted by Gasteiger charge is -1.98. The Bertz CT molecular complexity index is 214. The van der Waals surface area contributed by atoms with Gasteiger partial charge in [0.05, 0.1) is 13.1 Å². The van der Waals surface area contributed by atoms with E-state index in [1.54, 1.807) is 0 Å². The van der Waals surface area contributed by atoms with Crippen LogP contribution in [-0.2, 0) is 9.59 Å². The zero-order valence-electron chi connectivity index (χ0n) is 10.5. The van der Waals surface area contributed by atoms with Crippen LogP contribution >= 0.6 is 0 Å². The zero-order chi connectivity index (χ0) is 14.2. The minimum Gasteiger partial charge on any atom is -0.480 e. The largest absolute Gasteiger partial charge is 0.480 e. The van der Waals surface area contributed by atoms with Gasteiger partial charge >= 0.3 is 11.9 Å². The topological polar surface area (TPSA) is 151 Å². The molecule has 0 bridgehead atoms. The van der Waals surface area contributed by atoms with Crippen molar-refractivity contribution >= 4 is 11.9 Å². The molecule has 0 rings (SSSR count). The summed E-state index contributed by atoms with van der Waals surface area (Å²) in [7, 11) is 0. The normalized spacial score (nSPS) is 9.44. The van der Waals surface area contributed by atoms with Crippen LogP contribution in [0.25, 0.3) is 0 Å². The van der Waals surface area contributed by atoms with Crippen molar-refractivity contribution in [1.29, 1.82) is 0 Å². The van der Waals surface area contributed by atoms with Crippen LogP contribution in [0.1, 0.15) is 12.8 Å². The number of carboxylic acid groups (broad SMARTS) is 2. The molecular formula is C10H24N4O4. The second-order valence-corrected chi connectivity index (χ2v) is 3.43.